The summed E-state index contributed by atoms with van der Waals surface area (Å²) in [4.78, 5) is 15.6. The van der Waals surface area contributed by atoms with Crippen molar-refractivity contribution in [2.24, 2.45) is 0 Å². The molecule has 0 radical (unpaired) electrons. The summed E-state index contributed by atoms with van der Waals surface area (Å²) >= 11 is 0. The number of piperidine rings is 1. The lowest BCUT2D eigenvalue weighted by molar-refractivity contribution is 0.371. The van der Waals surface area contributed by atoms with Gasteiger partial charge in [-0.25, -0.2) is 0 Å². The van der Waals surface area contributed by atoms with Gasteiger partial charge in [-0.2, -0.15) is 9.97 Å². The Morgan fingerprint density at radius 2 is 1.18 bits per heavy atom. The second kappa shape index (κ2) is 8.45. The fourth-order valence-corrected chi connectivity index (χ4v) is 3.66. The minimum Gasteiger partial charge on any atom is -0.481 e. The van der Waals surface area contributed by atoms with Crippen LogP contribution in [0.15, 0.2) is 18.2 Å². The van der Waals surface area contributed by atoms with Gasteiger partial charge in [0.2, 0.25) is 17.7 Å². The topological polar surface area (TPSA) is 79.7 Å². The van der Waals surface area contributed by atoms with Crippen LogP contribution in [0.5, 0.6) is 11.8 Å². The first kappa shape index (κ1) is 18.5. The highest BCUT2D eigenvalue weighted by molar-refractivity contribution is 5.47. The zero-order chi connectivity index (χ0) is 19.3. The first-order valence-electron chi connectivity index (χ1n) is 9.82. The Hall–Kier alpha value is -2.84. The molecule has 0 atom stereocenters. The number of methoxy groups -OCH3 is 2. The molecule has 2 aliphatic heterocycles. The van der Waals surface area contributed by atoms with E-state index >= 15 is 0 Å². The molecule has 2 aromatic heterocycles. The molecule has 0 aliphatic carbocycles. The van der Waals surface area contributed by atoms with E-state index in [0.717, 1.165) is 50.9 Å². The maximum absolute atomic E-state index is 5.25. The van der Waals surface area contributed by atoms with Crippen LogP contribution in [0.2, 0.25) is 0 Å². The van der Waals surface area contributed by atoms with Crippen molar-refractivity contribution in [3.63, 3.8) is 0 Å². The third-order valence-corrected chi connectivity index (χ3v) is 5.29. The molecule has 0 bridgehead atoms. The summed E-state index contributed by atoms with van der Waals surface area (Å²) in [5.41, 5.74) is 0. The Kier molecular flexibility index (Phi) is 5.59. The fourth-order valence-electron chi connectivity index (χ4n) is 3.66. The molecule has 2 fully saturated rings. The number of anilines is 3. The van der Waals surface area contributed by atoms with Gasteiger partial charge in [0.05, 0.1) is 20.3 Å². The Labute approximate surface area is 165 Å². The van der Waals surface area contributed by atoms with E-state index in [1.165, 1.54) is 19.3 Å². The maximum Gasteiger partial charge on any atom is 0.232 e. The van der Waals surface area contributed by atoms with Gasteiger partial charge in [0.15, 0.2) is 11.6 Å². The molecule has 4 heterocycles. The van der Waals surface area contributed by atoms with Gasteiger partial charge in [-0.15, -0.1) is 10.2 Å². The van der Waals surface area contributed by atoms with Crippen molar-refractivity contribution in [2.45, 2.75) is 19.3 Å². The monoisotopic (exact) mass is 385 g/mol. The summed E-state index contributed by atoms with van der Waals surface area (Å²) in [5.74, 6) is 3.54. The van der Waals surface area contributed by atoms with Crippen LogP contribution in [-0.4, -0.2) is 73.7 Å². The van der Waals surface area contributed by atoms with Crippen molar-refractivity contribution >= 4 is 17.6 Å². The Balaban J connectivity index is 1.39. The number of rotatable bonds is 5. The molecule has 0 saturated carbocycles. The van der Waals surface area contributed by atoms with Gasteiger partial charge >= 0.3 is 0 Å². The molecule has 2 aromatic rings. The van der Waals surface area contributed by atoms with Gasteiger partial charge in [-0.3, -0.25) is 0 Å². The van der Waals surface area contributed by atoms with Gasteiger partial charge in [-0.05, 0) is 31.4 Å². The molecule has 9 heteroatoms. The Bertz CT molecular complexity index is 750. The first-order valence-corrected chi connectivity index (χ1v) is 9.82. The van der Waals surface area contributed by atoms with Crippen molar-refractivity contribution in [2.75, 3.05) is 68.2 Å². The van der Waals surface area contributed by atoms with Gasteiger partial charge in [0.25, 0.3) is 0 Å². The van der Waals surface area contributed by atoms with Crippen LogP contribution < -0.4 is 24.2 Å². The highest BCUT2D eigenvalue weighted by atomic mass is 16.5. The summed E-state index contributed by atoms with van der Waals surface area (Å²) in [5, 5.41) is 8.94. The minimum atomic E-state index is 0.503. The molecule has 2 saturated heterocycles. The molecule has 9 nitrogen and oxygen atoms in total. The van der Waals surface area contributed by atoms with E-state index in [0.29, 0.717) is 17.7 Å². The zero-order valence-electron chi connectivity index (χ0n) is 16.5. The van der Waals surface area contributed by atoms with Crippen LogP contribution in [0.25, 0.3) is 0 Å². The molecule has 0 amide bonds. The molecule has 2 aliphatic rings. The van der Waals surface area contributed by atoms with Gasteiger partial charge in [-0.1, -0.05) is 0 Å². The van der Waals surface area contributed by atoms with E-state index in [-0.39, 0.29) is 0 Å². The van der Waals surface area contributed by atoms with E-state index in [1.54, 1.807) is 20.3 Å². The van der Waals surface area contributed by atoms with Crippen LogP contribution in [0, 0.1) is 0 Å². The van der Waals surface area contributed by atoms with Crippen molar-refractivity contribution in [3.05, 3.63) is 18.2 Å². The van der Waals surface area contributed by atoms with Crippen LogP contribution in [-0.2, 0) is 0 Å². The fraction of sp³-hybridized carbons (Fsp3) is 0.579. The number of piperazine rings is 1. The minimum absolute atomic E-state index is 0.503. The number of hydrogen-bond donors (Lipinski definition) is 0. The van der Waals surface area contributed by atoms with E-state index < -0.39 is 0 Å². The van der Waals surface area contributed by atoms with Crippen molar-refractivity contribution < 1.29 is 9.47 Å². The van der Waals surface area contributed by atoms with Crippen LogP contribution in [0.3, 0.4) is 0 Å². The van der Waals surface area contributed by atoms with Gasteiger partial charge < -0.3 is 24.2 Å². The maximum atomic E-state index is 5.25. The lowest BCUT2D eigenvalue weighted by Crippen LogP contribution is -2.47. The molecule has 0 unspecified atom stereocenters. The molecule has 0 N–H and O–H groups in total. The predicted octanol–water partition coefficient (Wildman–Crippen LogP) is 1.60. The molecular weight excluding hydrogens is 358 g/mol. The number of aromatic nitrogens is 4. The summed E-state index contributed by atoms with van der Waals surface area (Å²) < 4.78 is 10.5. The molecule has 28 heavy (non-hydrogen) atoms. The normalized spacial score (nSPS) is 17.6. The second-order valence-electron chi connectivity index (χ2n) is 7.02. The van der Waals surface area contributed by atoms with Crippen molar-refractivity contribution in [1.82, 2.24) is 20.2 Å². The highest BCUT2D eigenvalue weighted by Crippen LogP contribution is 2.23. The molecule has 150 valence electrons. The van der Waals surface area contributed by atoms with Gasteiger partial charge in [0.1, 0.15) is 0 Å². The van der Waals surface area contributed by atoms with Crippen LogP contribution in [0.4, 0.5) is 17.6 Å². The van der Waals surface area contributed by atoms with Gasteiger partial charge in [0, 0.05) is 39.3 Å². The summed E-state index contributed by atoms with van der Waals surface area (Å²) in [6, 6.07) is 5.85. The first-order chi connectivity index (χ1) is 13.8. The SMILES string of the molecule is COc1cc(OC)nc(N2CCN(c3ccc(N4CCCCC4)nn3)CC2)n1. The molecular formula is C19H27N7O2. The zero-order valence-corrected chi connectivity index (χ0v) is 16.5. The van der Waals surface area contributed by atoms with E-state index in [1.807, 2.05) is 0 Å². The highest BCUT2D eigenvalue weighted by Gasteiger charge is 2.22. The summed E-state index contributed by atoms with van der Waals surface area (Å²) in [6.45, 7) is 5.42. The average Bonchev–Trinajstić information content (AvgIpc) is 2.79. The lowest BCUT2D eigenvalue weighted by Gasteiger charge is -2.35. The smallest absolute Gasteiger partial charge is 0.232 e. The summed E-state index contributed by atoms with van der Waals surface area (Å²) in [6.07, 6.45) is 3.79. The van der Waals surface area contributed by atoms with Crippen LogP contribution >= 0.6 is 0 Å². The largest absolute Gasteiger partial charge is 0.481 e. The number of ether oxygens (including phenoxy) is 2. The lowest BCUT2D eigenvalue weighted by atomic mass is 10.1. The molecule has 4 rings (SSSR count). The average molecular weight is 385 g/mol. The molecule has 0 spiro atoms. The standard InChI is InChI=1S/C19H27N7O2/c1-27-17-14-18(28-2)21-19(20-17)26-12-10-25(11-13-26)16-7-6-15(22-23-16)24-8-4-3-5-9-24/h6-7,14H,3-5,8-13H2,1-2H3. The van der Waals surface area contributed by atoms with E-state index in [2.05, 4.69) is 47.0 Å². The summed E-state index contributed by atoms with van der Waals surface area (Å²) in [7, 11) is 3.19. The van der Waals surface area contributed by atoms with E-state index in [9.17, 15) is 0 Å². The Morgan fingerprint density at radius 3 is 1.68 bits per heavy atom. The third kappa shape index (κ3) is 4.02. The predicted molar refractivity (Wildman–Crippen MR) is 108 cm³/mol. The Morgan fingerprint density at radius 1 is 0.679 bits per heavy atom. The van der Waals surface area contributed by atoms with Crippen molar-refractivity contribution in [1.29, 1.82) is 0 Å². The van der Waals surface area contributed by atoms with E-state index in [4.69, 9.17) is 9.47 Å². The second-order valence-corrected chi connectivity index (χ2v) is 7.02. The van der Waals surface area contributed by atoms with Crippen molar-refractivity contribution in [3.8, 4) is 11.8 Å². The molecule has 0 aromatic carbocycles. The quantitative estimate of drug-likeness (QED) is 0.762. The number of hydrogen-bond acceptors (Lipinski definition) is 9. The number of nitrogens with zero attached hydrogens (tertiary/aromatic N) is 7. The third-order valence-electron chi connectivity index (χ3n) is 5.29. The van der Waals surface area contributed by atoms with Crippen LogP contribution in [0.1, 0.15) is 19.3 Å².